The Labute approximate surface area is 195 Å². The summed E-state index contributed by atoms with van der Waals surface area (Å²) in [5.41, 5.74) is 4.73. The van der Waals surface area contributed by atoms with Gasteiger partial charge in [0.15, 0.2) is 0 Å². The normalized spacial score (nSPS) is 18.4. The van der Waals surface area contributed by atoms with Crippen LogP contribution >= 0.6 is 0 Å². The first kappa shape index (κ1) is 21.7. The maximum absolute atomic E-state index is 12.9. The van der Waals surface area contributed by atoms with Crippen LogP contribution in [0, 0.1) is 0 Å². The van der Waals surface area contributed by atoms with Crippen LogP contribution in [0.5, 0.6) is 0 Å². The Balaban J connectivity index is 1.13. The van der Waals surface area contributed by atoms with Crippen LogP contribution in [0.2, 0.25) is 0 Å². The Morgan fingerprint density at radius 2 is 1.67 bits per heavy atom. The van der Waals surface area contributed by atoms with Crippen LogP contribution in [0.25, 0.3) is 11.0 Å². The Kier molecular flexibility index (Phi) is 6.16. The van der Waals surface area contributed by atoms with Crippen molar-refractivity contribution in [3.63, 3.8) is 0 Å². The Hall–Kier alpha value is -3.15. The fraction of sp³-hybridized carbons (Fsp3) is 0.444. The molecule has 3 aromatic rings. The number of carbonyl (C=O) groups excluding carboxylic acids is 2. The SMILES string of the molecule is Cn1c(C2CCCN(C(=O)CCCC(=O)N3CCc4ccccc4C3)C2)nc2ccccc21. The lowest BCUT2D eigenvalue weighted by molar-refractivity contribution is -0.134. The average Bonchev–Trinajstić information content (AvgIpc) is 3.20. The number of aromatic nitrogens is 2. The summed E-state index contributed by atoms with van der Waals surface area (Å²) in [7, 11) is 2.07. The van der Waals surface area contributed by atoms with Gasteiger partial charge in [-0.2, -0.15) is 0 Å². The Morgan fingerprint density at radius 3 is 2.48 bits per heavy atom. The molecule has 1 fully saturated rings. The number of imidazole rings is 1. The standard InChI is InChI=1S/C27H32N4O2/c1-29-24-12-5-4-11-23(24)28-27(29)22-10-7-16-30(19-22)25(32)13-6-14-26(33)31-17-15-20-8-2-3-9-21(20)18-31/h2-5,8-9,11-12,22H,6-7,10,13-19H2,1H3. The number of para-hydroxylation sites is 2. The van der Waals surface area contributed by atoms with Gasteiger partial charge in [-0.15, -0.1) is 0 Å². The summed E-state index contributed by atoms with van der Waals surface area (Å²) in [6.45, 7) is 2.98. The highest BCUT2D eigenvalue weighted by Gasteiger charge is 2.28. The van der Waals surface area contributed by atoms with Crippen molar-refractivity contribution in [2.45, 2.75) is 51.0 Å². The fourth-order valence-corrected chi connectivity index (χ4v) is 5.36. The van der Waals surface area contributed by atoms with Crippen molar-refractivity contribution in [1.82, 2.24) is 19.4 Å². The highest BCUT2D eigenvalue weighted by Crippen LogP contribution is 2.29. The summed E-state index contributed by atoms with van der Waals surface area (Å²) >= 11 is 0. The number of likely N-dealkylation sites (tertiary alicyclic amines) is 1. The first-order chi connectivity index (χ1) is 16.1. The number of aryl methyl sites for hydroxylation is 1. The Morgan fingerprint density at radius 1 is 0.939 bits per heavy atom. The van der Waals surface area contributed by atoms with Gasteiger partial charge in [0.2, 0.25) is 11.8 Å². The minimum Gasteiger partial charge on any atom is -0.342 e. The van der Waals surface area contributed by atoms with Crippen LogP contribution in [-0.2, 0) is 29.6 Å². The molecular weight excluding hydrogens is 412 g/mol. The number of rotatable bonds is 5. The molecule has 0 bridgehead atoms. The van der Waals surface area contributed by atoms with Crippen molar-refractivity contribution in [3.05, 3.63) is 65.5 Å². The average molecular weight is 445 g/mol. The van der Waals surface area contributed by atoms with Gasteiger partial charge in [-0.3, -0.25) is 9.59 Å². The minimum atomic E-state index is 0.161. The number of carbonyl (C=O) groups is 2. The summed E-state index contributed by atoms with van der Waals surface area (Å²) in [4.78, 5) is 34.4. The van der Waals surface area contributed by atoms with E-state index >= 15 is 0 Å². The number of hydrogen-bond acceptors (Lipinski definition) is 3. The predicted octanol–water partition coefficient (Wildman–Crippen LogP) is 4.03. The van der Waals surface area contributed by atoms with E-state index in [2.05, 4.69) is 35.9 Å². The van der Waals surface area contributed by atoms with Gasteiger partial charge in [-0.05, 0) is 48.9 Å². The highest BCUT2D eigenvalue weighted by atomic mass is 16.2. The summed E-state index contributed by atoms with van der Waals surface area (Å²) in [6, 6.07) is 16.5. The Bertz CT molecular complexity index is 1170. The van der Waals surface area contributed by atoms with Gasteiger partial charge in [0.1, 0.15) is 5.82 Å². The molecule has 5 rings (SSSR count). The third kappa shape index (κ3) is 4.52. The summed E-state index contributed by atoms with van der Waals surface area (Å²) in [5.74, 6) is 1.65. The smallest absolute Gasteiger partial charge is 0.222 e. The van der Waals surface area contributed by atoms with Gasteiger partial charge in [0, 0.05) is 52.0 Å². The second-order valence-corrected chi connectivity index (χ2v) is 9.38. The lowest BCUT2D eigenvalue weighted by atomic mass is 9.96. The van der Waals surface area contributed by atoms with E-state index in [4.69, 9.17) is 4.98 Å². The molecule has 2 aromatic carbocycles. The molecule has 2 aliphatic rings. The van der Waals surface area contributed by atoms with Crippen molar-refractivity contribution in [1.29, 1.82) is 0 Å². The molecule has 3 heterocycles. The van der Waals surface area contributed by atoms with Crippen LogP contribution in [0.4, 0.5) is 0 Å². The van der Waals surface area contributed by atoms with E-state index < -0.39 is 0 Å². The minimum absolute atomic E-state index is 0.161. The van der Waals surface area contributed by atoms with Gasteiger partial charge >= 0.3 is 0 Å². The van der Waals surface area contributed by atoms with Crippen molar-refractivity contribution in [3.8, 4) is 0 Å². The van der Waals surface area contributed by atoms with E-state index in [0.717, 1.165) is 49.2 Å². The summed E-state index contributed by atoms with van der Waals surface area (Å²) < 4.78 is 2.17. The van der Waals surface area contributed by atoms with Crippen LogP contribution in [0.1, 0.15) is 55.0 Å². The second-order valence-electron chi connectivity index (χ2n) is 9.38. The van der Waals surface area contributed by atoms with E-state index in [1.165, 1.54) is 11.1 Å². The third-order valence-electron chi connectivity index (χ3n) is 7.23. The van der Waals surface area contributed by atoms with Gasteiger partial charge in [0.05, 0.1) is 11.0 Å². The number of benzene rings is 2. The molecule has 33 heavy (non-hydrogen) atoms. The van der Waals surface area contributed by atoms with E-state index in [-0.39, 0.29) is 17.7 Å². The molecule has 6 heteroatoms. The fourth-order valence-electron chi connectivity index (χ4n) is 5.36. The van der Waals surface area contributed by atoms with Crippen molar-refractivity contribution in [2.75, 3.05) is 19.6 Å². The van der Waals surface area contributed by atoms with Gasteiger partial charge in [-0.25, -0.2) is 4.98 Å². The van der Waals surface area contributed by atoms with Crippen molar-refractivity contribution >= 4 is 22.8 Å². The monoisotopic (exact) mass is 444 g/mol. The lowest BCUT2D eigenvalue weighted by Gasteiger charge is -2.32. The number of fused-ring (bicyclic) bond motifs is 2. The van der Waals surface area contributed by atoms with Crippen molar-refractivity contribution in [2.24, 2.45) is 7.05 Å². The largest absolute Gasteiger partial charge is 0.342 e. The second kappa shape index (κ2) is 9.38. The number of nitrogens with zero attached hydrogens (tertiary/aromatic N) is 4. The van der Waals surface area contributed by atoms with E-state index in [1.807, 2.05) is 34.1 Å². The third-order valence-corrected chi connectivity index (χ3v) is 7.23. The zero-order chi connectivity index (χ0) is 22.8. The molecule has 0 saturated carbocycles. The zero-order valence-corrected chi connectivity index (χ0v) is 19.4. The molecule has 1 unspecified atom stereocenters. The van der Waals surface area contributed by atoms with Crippen molar-refractivity contribution < 1.29 is 9.59 Å². The first-order valence-electron chi connectivity index (χ1n) is 12.1. The topological polar surface area (TPSA) is 58.4 Å². The number of amides is 2. The first-order valence-corrected chi connectivity index (χ1v) is 12.1. The molecule has 1 aromatic heterocycles. The quantitative estimate of drug-likeness (QED) is 0.597. The molecule has 172 valence electrons. The van der Waals surface area contributed by atoms with Crippen LogP contribution in [0.3, 0.4) is 0 Å². The van der Waals surface area contributed by atoms with Gasteiger partial charge in [0.25, 0.3) is 0 Å². The molecule has 0 aliphatic carbocycles. The predicted molar refractivity (Wildman–Crippen MR) is 129 cm³/mol. The molecule has 0 N–H and O–H groups in total. The van der Waals surface area contributed by atoms with Crippen LogP contribution in [0.15, 0.2) is 48.5 Å². The number of hydrogen-bond donors (Lipinski definition) is 0. The molecule has 0 spiro atoms. The molecule has 1 atom stereocenters. The molecule has 2 aliphatic heterocycles. The van der Waals surface area contributed by atoms with E-state index in [9.17, 15) is 9.59 Å². The summed E-state index contributed by atoms with van der Waals surface area (Å²) in [5, 5.41) is 0. The highest BCUT2D eigenvalue weighted by molar-refractivity contribution is 5.79. The molecular formula is C27H32N4O2. The van der Waals surface area contributed by atoms with Crippen LogP contribution in [-0.4, -0.2) is 50.8 Å². The van der Waals surface area contributed by atoms with E-state index in [1.54, 1.807) is 0 Å². The van der Waals surface area contributed by atoms with Gasteiger partial charge in [-0.1, -0.05) is 36.4 Å². The van der Waals surface area contributed by atoms with Crippen LogP contribution < -0.4 is 0 Å². The van der Waals surface area contributed by atoms with Gasteiger partial charge < -0.3 is 14.4 Å². The molecule has 1 saturated heterocycles. The molecule has 6 nitrogen and oxygen atoms in total. The maximum Gasteiger partial charge on any atom is 0.222 e. The number of piperidine rings is 1. The summed E-state index contributed by atoms with van der Waals surface area (Å²) in [6.07, 6.45) is 4.45. The lowest BCUT2D eigenvalue weighted by Crippen LogP contribution is -2.40. The molecule has 2 amide bonds. The zero-order valence-electron chi connectivity index (χ0n) is 19.4. The van der Waals surface area contributed by atoms with E-state index in [0.29, 0.717) is 32.4 Å². The maximum atomic E-state index is 12.9. The molecule has 0 radical (unpaired) electrons.